The minimum atomic E-state index is 0.210. The highest BCUT2D eigenvalue weighted by Crippen LogP contribution is 2.21. The van der Waals surface area contributed by atoms with Crippen LogP contribution in [0.15, 0.2) is 41.4 Å². The lowest BCUT2D eigenvalue weighted by molar-refractivity contribution is -0.116. The lowest BCUT2D eigenvalue weighted by atomic mass is 10.2. The fraction of sp³-hybridized carbons (Fsp3) is 0.286. The quantitative estimate of drug-likeness (QED) is 0.775. The van der Waals surface area contributed by atoms with E-state index in [9.17, 15) is 4.79 Å². The molecule has 94 valence electrons. The number of carbonyl (C=O) groups excluding carboxylic acids is 1. The maximum Gasteiger partial charge on any atom is 0.149 e. The average molecular weight is 260 g/mol. The fourth-order valence-corrected chi connectivity index (χ4v) is 2.58. The van der Waals surface area contributed by atoms with Gasteiger partial charge in [-0.15, -0.1) is 11.8 Å². The van der Waals surface area contributed by atoms with Crippen LogP contribution in [-0.2, 0) is 18.3 Å². The van der Waals surface area contributed by atoms with Gasteiger partial charge in [0, 0.05) is 18.1 Å². The van der Waals surface area contributed by atoms with Crippen molar-refractivity contribution in [3.05, 3.63) is 47.8 Å². The Bertz CT molecular complexity index is 548. The van der Waals surface area contributed by atoms with E-state index in [0.29, 0.717) is 12.2 Å². The average Bonchev–Trinajstić information content (AvgIpc) is 2.74. The van der Waals surface area contributed by atoms with Gasteiger partial charge in [0.15, 0.2) is 0 Å². The van der Waals surface area contributed by atoms with Crippen molar-refractivity contribution >= 4 is 17.5 Å². The Balaban J connectivity index is 1.87. The first-order valence-electron chi connectivity index (χ1n) is 5.84. The van der Waals surface area contributed by atoms with Gasteiger partial charge in [-0.3, -0.25) is 9.48 Å². The zero-order valence-corrected chi connectivity index (χ0v) is 11.4. The first kappa shape index (κ1) is 12.9. The van der Waals surface area contributed by atoms with Gasteiger partial charge in [0.25, 0.3) is 0 Å². The number of nitrogens with zero attached hydrogens (tertiary/aromatic N) is 2. The van der Waals surface area contributed by atoms with Crippen LogP contribution in [0.4, 0.5) is 0 Å². The third-order valence-corrected chi connectivity index (χ3v) is 3.86. The molecule has 2 aromatic rings. The van der Waals surface area contributed by atoms with Crippen LogP contribution in [-0.4, -0.2) is 21.3 Å². The van der Waals surface area contributed by atoms with Crippen LogP contribution in [0.1, 0.15) is 11.3 Å². The zero-order chi connectivity index (χ0) is 13.0. The topological polar surface area (TPSA) is 34.9 Å². The van der Waals surface area contributed by atoms with E-state index in [0.717, 1.165) is 5.69 Å². The van der Waals surface area contributed by atoms with E-state index in [2.05, 4.69) is 18.1 Å². The number of benzene rings is 1. The van der Waals surface area contributed by atoms with Crippen molar-refractivity contribution in [2.75, 3.05) is 5.75 Å². The van der Waals surface area contributed by atoms with Gasteiger partial charge in [-0.2, -0.15) is 5.10 Å². The summed E-state index contributed by atoms with van der Waals surface area (Å²) in [6.07, 6.45) is 2.27. The van der Waals surface area contributed by atoms with Gasteiger partial charge in [0.2, 0.25) is 0 Å². The van der Waals surface area contributed by atoms with Gasteiger partial charge < -0.3 is 0 Å². The van der Waals surface area contributed by atoms with Gasteiger partial charge in [-0.1, -0.05) is 18.2 Å². The molecule has 0 aliphatic heterocycles. The van der Waals surface area contributed by atoms with Crippen LogP contribution in [0, 0.1) is 6.92 Å². The van der Waals surface area contributed by atoms with E-state index in [1.54, 1.807) is 16.4 Å². The molecule has 0 saturated carbocycles. The number of hydrogen-bond acceptors (Lipinski definition) is 3. The molecule has 0 aliphatic carbocycles. The molecule has 1 aromatic carbocycles. The van der Waals surface area contributed by atoms with Crippen LogP contribution in [0.3, 0.4) is 0 Å². The molecule has 0 spiro atoms. The summed E-state index contributed by atoms with van der Waals surface area (Å²) >= 11 is 1.60. The van der Waals surface area contributed by atoms with E-state index in [1.807, 2.05) is 37.5 Å². The molecule has 0 saturated heterocycles. The molecule has 18 heavy (non-hydrogen) atoms. The fourth-order valence-electron chi connectivity index (χ4n) is 1.69. The van der Waals surface area contributed by atoms with E-state index in [1.165, 1.54) is 10.5 Å². The minimum Gasteiger partial charge on any atom is -0.298 e. The molecule has 4 heteroatoms. The highest BCUT2D eigenvalue weighted by molar-refractivity contribution is 8.00. The number of Topliss-reactive ketones (excluding diaryl/α,β-unsaturated/α-hetero) is 1. The molecule has 0 unspecified atom stereocenters. The highest BCUT2D eigenvalue weighted by atomic mass is 32.2. The third kappa shape index (κ3) is 3.47. The molecule has 0 fully saturated rings. The molecule has 1 heterocycles. The number of aromatic nitrogens is 2. The predicted octanol–water partition coefficient (Wildman–Crippen LogP) is 2.63. The van der Waals surface area contributed by atoms with Gasteiger partial charge >= 0.3 is 0 Å². The van der Waals surface area contributed by atoms with Crippen molar-refractivity contribution in [1.29, 1.82) is 0 Å². The molecule has 0 aliphatic rings. The van der Waals surface area contributed by atoms with Crippen molar-refractivity contribution in [3.8, 4) is 0 Å². The maximum absolute atomic E-state index is 11.8. The maximum atomic E-state index is 11.8. The van der Waals surface area contributed by atoms with Crippen molar-refractivity contribution in [1.82, 2.24) is 9.78 Å². The SMILES string of the molecule is Cc1ccccc1SCC(=O)Cc1ccn(C)n1. The second-order valence-electron chi connectivity index (χ2n) is 4.25. The summed E-state index contributed by atoms with van der Waals surface area (Å²) < 4.78 is 1.72. The number of rotatable bonds is 5. The lowest BCUT2D eigenvalue weighted by Crippen LogP contribution is -2.06. The van der Waals surface area contributed by atoms with Gasteiger partial charge in [0.05, 0.1) is 17.9 Å². The normalized spacial score (nSPS) is 10.6. The Kier molecular flexibility index (Phi) is 4.20. The van der Waals surface area contributed by atoms with Crippen LogP contribution < -0.4 is 0 Å². The Morgan fingerprint density at radius 2 is 2.11 bits per heavy atom. The highest BCUT2D eigenvalue weighted by Gasteiger charge is 2.07. The second-order valence-corrected chi connectivity index (χ2v) is 5.27. The Morgan fingerprint density at radius 1 is 1.33 bits per heavy atom. The minimum absolute atomic E-state index is 0.210. The lowest BCUT2D eigenvalue weighted by Gasteiger charge is -2.03. The van der Waals surface area contributed by atoms with Gasteiger partial charge in [-0.05, 0) is 24.6 Å². The summed E-state index contributed by atoms with van der Waals surface area (Å²) in [4.78, 5) is 13.0. The Labute approximate surface area is 111 Å². The molecule has 0 N–H and O–H groups in total. The summed E-state index contributed by atoms with van der Waals surface area (Å²) in [5.41, 5.74) is 2.06. The zero-order valence-electron chi connectivity index (χ0n) is 10.6. The number of thioether (sulfide) groups is 1. The van der Waals surface area contributed by atoms with Crippen molar-refractivity contribution in [2.24, 2.45) is 7.05 Å². The summed E-state index contributed by atoms with van der Waals surface area (Å²) in [7, 11) is 1.86. The van der Waals surface area contributed by atoms with Crippen LogP contribution in [0.2, 0.25) is 0 Å². The summed E-state index contributed by atoms with van der Waals surface area (Å²) in [5, 5.41) is 4.21. The van der Waals surface area contributed by atoms with E-state index < -0.39 is 0 Å². The molecular weight excluding hydrogens is 244 g/mol. The Morgan fingerprint density at radius 3 is 2.78 bits per heavy atom. The smallest absolute Gasteiger partial charge is 0.149 e. The monoisotopic (exact) mass is 260 g/mol. The summed E-state index contributed by atoms with van der Waals surface area (Å²) in [6, 6.07) is 10.0. The van der Waals surface area contributed by atoms with Crippen molar-refractivity contribution in [3.63, 3.8) is 0 Å². The van der Waals surface area contributed by atoms with Crippen molar-refractivity contribution in [2.45, 2.75) is 18.2 Å². The van der Waals surface area contributed by atoms with Gasteiger partial charge in [0.1, 0.15) is 5.78 Å². The van der Waals surface area contributed by atoms with E-state index >= 15 is 0 Å². The first-order chi connectivity index (χ1) is 8.65. The first-order valence-corrected chi connectivity index (χ1v) is 6.82. The van der Waals surface area contributed by atoms with Crippen molar-refractivity contribution < 1.29 is 4.79 Å². The number of ketones is 1. The molecule has 2 rings (SSSR count). The number of carbonyl (C=O) groups is 1. The van der Waals surface area contributed by atoms with E-state index in [4.69, 9.17) is 0 Å². The number of hydrogen-bond donors (Lipinski definition) is 0. The summed E-state index contributed by atoms with van der Waals surface area (Å²) in [5.74, 6) is 0.712. The van der Waals surface area contributed by atoms with Crippen LogP contribution in [0.5, 0.6) is 0 Å². The van der Waals surface area contributed by atoms with Crippen LogP contribution >= 0.6 is 11.8 Å². The van der Waals surface area contributed by atoms with Crippen LogP contribution in [0.25, 0.3) is 0 Å². The predicted molar refractivity (Wildman–Crippen MR) is 73.8 cm³/mol. The standard InChI is InChI=1S/C14H16N2OS/c1-11-5-3-4-6-14(11)18-10-13(17)9-12-7-8-16(2)15-12/h3-8H,9-10H2,1-2H3. The second kappa shape index (κ2) is 5.87. The molecule has 0 amide bonds. The van der Waals surface area contributed by atoms with E-state index in [-0.39, 0.29) is 5.78 Å². The summed E-state index contributed by atoms with van der Waals surface area (Å²) in [6.45, 7) is 2.06. The molecule has 3 nitrogen and oxygen atoms in total. The largest absolute Gasteiger partial charge is 0.298 e. The molecule has 0 radical (unpaired) electrons. The molecule has 0 atom stereocenters. The molecule has 0 bridgehead atoms. The third-order valence-electron chi connectivity index (χ3n) is 2.63. The molecule has 1 aromatic heterocycles. The molecular formula is C14H16N2OS. The number of aryl methyl sites for hydroxylation is 2. The van der Waals surface area contributed by atoms with Gasteiger partial charge in [-0.25, -0.2) is 0 Å². The Hall–Kier alpha value is -1.55.